The van der Waals surface area contributed by atoms with Crippen LogP contribution in [0.3, 0.4) is 0 Å². The summed E-state index contributed by atoms with van der Waals surface area (Å²) >= 11 is 0. The second-order valence-electron chi connectivity index (χ2n) is 6.30. The van der Waals surface area contributed by atoms with E-state index in [-0.39, 0.29) is 30.9 Å². The Bertz CT molecular complexity index is 680. The van der Waals surface area contributed by atoms with E-state index in [0.717, 1.165) is 16.7 Å². The van der Waals surface area contributed by atoms with Crippen LogP contribution < -0.4 is 10.1 Å². The fourth-order valence-electron chi connectivity index (χ4n) is 2.63. The summed E-state index contributed by atoms with van der Waals surface area (Å²) in [5, 5.41) is 12.2. The van der Waals surface area contributed by atoms with Crippen LogP contribution in [0, 0.1) is 25.6 Å². The van der Waals surface area contributed by atoms with Crippen molar-refractivity contribution in [1.29, 1.82) is 0 Å². The Balaban J connectivity index is 1.78. The van der Waals surface area contributed by atoms with Gasteiger partial charge in [0.25, 0.3) is 5.91 Å². The van der Waals surface area contributed by atoms with Crippen LogP contribution in [-0.4, -0.2) is 30.8 Å². The molecule has 0 fully saturated rings. The van der Waals surface area contributed by atoms with Gasteiger partial charge in [0.05, 0.1) is 0 Å². The summed E-state index contributed by atoms with van der Waals surface area (Å²) in [6.07, 6.45) is 0.564. The molecule has 1 unspecified atom stereocenters. The van der Waals surface area contributed by atoms with E-state index in [9.17, 15) is 14.3 Å². The Morgan fingerprint density at radius 1 is 1.16 bits per heavy atom. The number of aliphatic hydroxyl groups excluding tert-OH is 1. The summed E-state index contributed by atoms with van der Waals surface area (Å²) in [5.74, 6) is 0.00569. The standard InChI is InChI=1S/C20H24FNO3/c1-14-7-15(2)9-19(8-14)25-13-20(24)22-11-17(12-23)10-16-3-5-18(21)6-4-16/h3-9,17,23H,10-13H2,1-2H3,(H,22,24). The number of hydrogen-bond acceptors (Lipinski definition) is 3. The van der Waals surface area contributed by atoms with Crippen molar-refractivity contribution in [2.45, 2.75) is 20.3 Å². The van der Waals surface area contributed by atoms with Crippen molar-refractivity contribution in [2.75, 3.05) is 19.8 Å². The highest BCUT2D eigenvalue weighted by atomic mass is 19.1. The molecule has 25 heavy (non-hydrogen) atoms. The molecular weight excluding hydrogens is 321 g/mol. The molecule has 0 spiro atoms. The minimum absolute atomic E-state index is 0.0599. The van der Waals surface area contributed by atoms with Crippen LogP contribution in [0.5, 0.6) is 5.75 Å². The van der Waals surface area contributed by atoms with Gasteiger partial charge in [-0.2, -0.15) is 0 Å². The van der Waals surface area contributed by atoms with Crippen molar-refractivity contribution in [3.63, 3.8) is 0 Å². The number of hydrogen-bond donors (Lipinski definition) is 2. The normalized spacial score (nSPS) is 11.8. The number of ether oxygens (including phenoxy) is 1. The molecule has 2 aromatic carbocycles. The highest BCUT2D eigenvalue weighted by Gasteiger charge is 2.11. The van der Waals surface area contributed by atoms with E-state index in [1.165, 1.54) is 12.1 Å². The maximum atomic E-state index is 12.9. The number of nitrogens with one attached hydrogen (secondary N) is 1. The van der Waals surface area contributed by atoms with Crippen molar-refractivity contribution in [3.8, 4) is 5.75 Å². The first-order valence-corrected chi connectivity index (χ1v) is 8.29. The lowest BCUT2D eigenvalue weighted by Crippen LogP contribution is -2.35. The highest BCUT2D eigenvalue weighted by Crippen LogP contribution is 2.16. The fourth-order valence-corrected chi connectivity index (χ4v) is 2.63. The molecule has 0 heterocycles. The van der Waals surface area contributed by atoms with Crippen LogP contribution in [0.4, 0.5) is 4.39 Å². The third kappa shape index (κ3) is 6.55. The Kier molecular flexibility index (Phi) is 6.95. The summed E-state index contributed by atoms with van der Waals surface area (Å²) in [4.78, 5) is 11.9. The van der Waals surface area contributed by atoms with Crippen LogP contribution in [0.25, 0.3) is 0 Å². The third-order valence-corrected chi connectivity index (χ3v) is 3.85. The summed E-state index contributed by atoms with van der Waals surface area (Å²) in [6, 6.07) is 11.9. The quantitative estimate of drug-likeness (QED) is 0.773. The molecule has 1 amide bonds. The van der Waals surface area contributed by atoms with Crippen molar-refractivity contribution in [2.24, 2.45) is 5.92 Å². The van der Waals surface area contributed by atoms with E-state index in [4.69, 9.17) is 4.74 Å². The number of carbonyl (C=O) groups is 1. The van der Waals surface area contributed by atoms with E-state index < -0.39 is 0 Å². The van der Waals surface area contributed by atoms with Gasteiger partial charge in [0.1, 0.15) is 11.6 Å². The number of rotatable bonds is 8. The summed E-state index contributed by atoms with van der Waals surface area (Å²) < 4.78 is 18.4. The van der Waals surface area contributed by atoms with Gasteiger partial charge < -0.3 is 15.2 Å². The summed E-state index contributed by atoms with van der Waals surface area (Å²) in [5.41, 5.74) is 3.08. The lowest BCUT2D eigenvalue weighted by atomic mass is 10.00. The molecule has 0 aliphatic heterocycles. The summed E-state index contributed by atoms with van der Waals surface area (Å²) in [6.45, 7) is 4.15. The van der Waals surface area contributed by atoms with E-state index in [1.807, 2.05) is 32.0 Å². The zero-order valence-corrected chi connectivity index (χ0v) is 14.6. The predicted molar refractivity (Wildman–Crippen MR) is 95.1 cm³/mol. The molecule has 0 saturated heterocycles. The molecule has 2 aromatic rings. The van der Waals surface area contributed by atoms with Crippen molar-refractivity contribution in [3.05, 3.63) is 65.0 Å². The minimum Gasteiger partial charge on any atom is -0.484 e. The Morgan fingerprint density at radius 3 is 2.40 bits per heavy atom. The molecule has 0 aliphatic rings. The molecule has 5 heteroatoms. The second kappa shape index (κ2) is 9.18. The first-order chi connectivity index (χ1) is 12.0. The zero-order chi connectivity index (χ0) is 18.2. The minimum atomic E-state index is -0.291. The van der Waals surface area contributed by atoms with Crippen molar-refractivity contribution in [1.82, 2.24) is 5.32 Å². The zero-order valence-electron chi connectivity index (χ0n) is 14.6. The molecule has 134 valence electrons. The molecule has 0 aromatic heterocycles. The average Bonchev–Trinajstić information content (AvgIpc) is 2.57. The van der Waals surface area contributed by atoms with Crippen LogP contribution in [0.1, 0.15) is 16.7 Å². The molecule has 0 aliphatic carbocycles. The number of carbonyl (C=O) groups excluding carboxylic acids is 1. The van der Waals surface area contributed by atoms with E-state index in [1.54, 1.807) is 12.1 Å². The van der Waals surface area contributed by atoms with Gasteiger partial charge in [-0.15, -0.1) is 0 Å². The number of halogens is 1. The first kappa shape index (κ1) is 18.9. The Morgan fingerprint density at radius 2 is 1.80 bits per heavy atom. The smallest absolute Gasteiger partial charge is 0.257 e. The predicted octanol–water partition coefficient (Wildman–Crippen LogP) is 2.79. The van der Waals surface area contributed by atoms with E-state index in [2.05, 4.69) is 5.32 Å². The fraction of sp³-hybridized carbons (Fsp3) is 0.350. The van der Waals surface area contributed by atoms with Crippen LogP contribution >= 0.6 is 0 Å². The van der Waals surface area contributed by atoms with Crippen molar-refractivity contribution >= 4 is 5.91 Å². The van der Waals surface area contributed by atoms with Crippen molar-refractivity contribution < 1.29 is 19.0 Å². The topological polar surface area (TPSA) is 58.6 Å². The van der Waals surface area contributed by atoms with Gasteiger partial charge in [0, 0.05) is 19.1 Å². The van der Waals surface area contributed by atoms with Crippen LogP contribution in [0.2, 0.25) is 0 Å². The SMILES string of the molecule is Cc1cc(C)cc(OCC(=O)NCC(CO)Cc2ccc(F)cc2)c1. The van der Waals surface area contributed by atoms with E-state index in [0.29, 0.717) is 18.7 Å². The number of amides is 1. The van der Waals surface area contributed by atoms with Gasteiger partial charge >= 0.3 is 0 Å². The van der Waals surface area contributed by atoms with Gasteiger partial charge in [0.2, 0.25) is 0 Å². The molecule has 0 bridgehead atoms. The lowest BCUT2D eigenvalue weighted by Gasteiger charge is -2.15. The molecule has 0 radical (unpaired) electrons. The average molecular weight is 345 g/mol. The number of aliphatic hydroxyl groups is 1. The van der Waals surface area contributed by atoms with Gasteiger partial charge in [-0.25, -0.2) is 4.39 Å². The largest absolute Gasteiger partial charge is 0.484 e. The maximum Gasteiger partial charge on any atom is 0.257 e. The Labute approximate surface area is 147 Å². The molecule has 4 nitrogen and oxygen atoms in total. The maximum absolute atomic E-state index is 12.9. The second-order valence-corrected chi connectivity index (χ2v) is 6.30. The van der Waals surface area contributed by atoms with E-state index >= 15 is 0 Å². The molecular formula is C20H24FNO3. The van der Waals surface area contributed by atoms with Gasteiger partial charge in [0.15, 0.2) is 6.61 Å². The van der Waals surface area contributed by atoms with Crippen LogP contribution in [0.15, 0.2) is 42.5 Å². The van der Waals surface area contributed by atoms with Gasteiger partial charge in [-0.3, -0.25) is 4.79 Å². The number of benzene rings is 2. The molecule has 2 rings (SSSR count). The third-order valence-electron chi connectivity index (χ3n) is 3.85. The Hall–Kier alpha value is -2.40. The lowest BCUT2D eigenvalue weighted by molar-refractivity contribution is -0.123. The monoisotopic (exact) mass is 345 g/mol. The number of aryl methyl sites for hydroxylation is 2. The molecule has 2 N–H and O–H groups in total. The first-order valence-electron chi connectivity index (χ1n) is 8.29. The highest BCUT2D eigenvalue weighted by molar-refractivity contribution is 5.77. The summed E-state index contributed by atoms with van der Waals surface area (Å²) in [7, 11) is 0. The van der Waals surface area contributed by atoms with Crippen LogP contribution in [-0.2, 0) is 11.2 Å². The molecule has 0 saturated carbocycles. The van der Waals surface area contributed by atoms with Gasteiger partial charge in [-0.05, 0) is 61.2 Å². The molecule has 1 atom stereocenters. The van der Waals surface area contributed by atoms with Gasteiger partial charge in [-0.1, -0.05) is 18.2 Å².